The Hall–Kier alpha value is 0.270. The minimum absolute atomic E-state index is 0.102. The SMILES string of the molecule is CCC(C)SCCCCC(C)(CO)NC(C)C. The lowest BCUT2D eigenvalue weighted by molar-refractivity contribution is 0.154. The van der Waals surface area contributed by atoms with E-state index < -0.39 is 0 Å². The maximum atomic E-state index is 9.45. The van der Waals surface area contributed by atoms with Crippen LogP contribution in [0.3, 0.4) is 0 Å². The molecule has 0 saturated carbocycles. The quantitative estimate of drug-likeness (QED) is 0.591. The molecular formula is C14H31NOS. The standard InChI is InChI=1S/C14H31NOS/c1-6-13(4)17-10-8-7-9-14(5,11-16)15-12(2)3/h12-13,15-16H,6-11H2,1-5H3. The molecule has 0 saturated heterocycles. The highest BCUT2D eigenvalue weighted by atomic mass is 32.2. The molecule has 17 heavy (non-hydrogen) atoms. The molecule has 0 aromatic rings. The average molecular weight is 261 g/mol. The first-order valence-corrected chi connectivity index (χ1v) is 7.98. The fourth-order valence-corrected chi connectivity index (χ4v) is 2.92. The van der Waals surface area contributed by atoms with Gasteiger partial charge in [-0.3, -0.25) is 0 Å². The van der Waals surface area contributed by atoms with Crippen LogP contribution in [0.4, 0.5) is 0 Å². The number of nitrogens with one attached hydrogen (secondary N) is 1. The number of hydrogen-bond acceptors (Lipinski definition) is 3. The van der Waals surface area contributed by atoms with Crippen molar-refractivity contribution in [3.8, 4) is 0 Å². The zero-order valence-electron chi connectivity index (χ0n) is 12.3. The van der Waals surface area contributed by atoms with Gasteiger partial charge in [0.2, 0.25) is 0 Å². The van der Waals surface area contributed by atoms with E-state index in [2.05, 4.69) is 51.7 Å². The van der Waals surface area contributed by atoms with Gasteiger partial charge in [0, 0.05) is 16.8 Å². The third-order valence-corrected chi connectivity index (χ3v) is 4.51. The summed E-state index contributed by atoms with van der Waals surface area (Å²) >= 11 is 2.07. The van der Waals surface area contributed by atoms with Crippen LogP contribution in [0.15, 0.2) is 0 Å². The van der Waals surface area contributed by atoms with E-state index in [9.17, 15) is 5.11 Å². The maximum absolute atomic E-state index is 9.45. The van der Waals surface area contributed by atoms with E-state index in [0.717, 1.165) is 11.7 Å². The summed E-state index contributed by atoms with van der Waals surface area (Å²) in [6, 6.07) is 0.432. The predicted molar refractivity (Wildman–Crippen MR) is 79.8 cm³/mol. The normalized spacial score (nSPS) is 17.1. The van der Waals surface area contributed by atoms with Crippen LogP contribution in [-0.2, 0) is 0 Å². The number of hydrogen-bond donors (Lipinski definition) is 2. The Kier molecular flexibility index (Phi) is 9.38. The molecule has 2 N–H and O–H groups in total. The van der Waals surface area contributed by atoms with Crippen LogP contribution < -0.4 is 5.32 Å². The van der Waals surface area contributed by atoms with Crippen molar-refractivity contribution in [1.82, 2.24) is 5.32 Å². The Morgan fingerprint density at radius 2 is 1.88 bits per heavy atom. The van der Waals surface area contributed by atoms with Crippen LogP contribution in [0, 0.1) is 0 Å². The third kappa shape index (κ3) is 8.92. The Bertz CT molecular complexity index is 187. The fourth-order valence-electron chi connectivity index (χ4n) is 1.91. The van der Waals surface area contributed by atoms with Crippen molar-refractivity contribution in [2.45, 2.75) is 77.1 Å². The molecule has 2 atom stereocenters. The van der Waals surface area contributed by atoms with Crippen molar-refractivity contribution >= 4 is 11.8 Å². The molecule has 0 aliphatic heterocycles. The number of rotatable bonds is 10. The van der Waals surface area contributed by atoms with Crippen LogP contribution in [0.2, 0.25) is 0 Å². The van der Waals surface area contributed by atoms with E-state index in [1.54, 1.807) is 0 Å². The van der Waals surface area contributed by atoms with Gasteiger partial charge in [0.25, 0.3) is 0 Å². The minimum Gasteiger partial charge on any atom is -0.394 e. The zero-order valence-corrected chi connectivity index (χ0v) is 13.1. The van der Waals surface area contributed by atoms with Crippen molar-refractivity contribution in [1.29, 1.82) is 0 Å². The van der Waals surface area contributed by atoms with E-state index in [1.165, 1.54) is 25.0 Å². The van der Waals surface area contributed by atoms with Crippen molar-refractivity contribution in [2.24, 2.45) is 0 Å². The molecule has 0 radical (unpaired) electrons. The van der Waals surface area contributed by atoms with Crippen LogP contribution in [0.25, 0.3) is 0 Å². The molecule has 0 bridgehead atoms. The number of unbranched alkanes of at least 4 members (excludes halogenated alkanes) is 1. The van der Waals surface area contributed by atoms with Crippen molar-refractivity contribution < 1.29 is 5.11 Å². The Labute approximate surface area is 112 Å². The summed E-state index contributed by atoms with van der Waals surface area (Å²) in [4.78, 5) is 0. The number of aliphatic hydroxyl groups is 1. The van der Waals surface area contributed by atoms with Gasteiger partial charge in [0.05, 0.1) is 6.61 Å². The number of aliphatic hydroxyl groups excluding tert-OH is 1. The zero-order chi connectivity index (χ0) is 13.3. The molecule has 0 rings (SSSR count). The van der Waals surface area contributed by atoms with E-state index in [-0.39, 0.29) is 12.1 Å². The van der Waals surface area contributed by atoms with E-state index in [4.69, 9.17) is 0 Å². The third-order valence-electron chi connectivity index (χ3n) is 3.09. The first-order valence-electron chi connectivity index (χ1n) is 6.93. The second-order valence-electron chi connectivity index (χ2n) is 5.56. The number of thioether (sulfide) groups is 1. The summed E-state index contributed by atoms with van der Waals surface area (Å²) in [7, 11) is 0. The van der Waals surface area contributed by atoms with E-state index in [1.807, 2.05) is 0 Å². The molecule has 0 aliphatic carbocycles. The van der Waals surface area contributed by atoms with Gasteiger partial charge in [0.15, 0.2) is 0 Å². The fraction of sp³-hybridized carbons (Fsp3) is 1.00. The summed E-state index contributed by atoms with van der Waals surface area (Å²) in [6.07, 6.45) is 4.77. The predicted octanol–water partition coefficient (Wildman–Crippen LogP) is 3.44. The van der Waals surface area contributed by atoms with Crippen LogP contribution in [-0.4, -0.2) is 34.3 Å². The molecule has 0 aliphatic rings. The first kappa shape index (κ1) is 17.3. The Morgan fingerprint density at radius 3 is 2.35 bits per heavy atom. The summed E-state index contributed by atoms with van der Waals surface area (Å²) in [5.41, 5.74) is -0.102. The minimum atomic E-state index is -0.102. The van der Waals surface area contributed by atoms with Gasteiger partial charge in [-0.25, -0.2) is 0 Å². The summed E-state index contributed by atoms with van der Waals surface area (Å²) in [5.74, 6) is 1.25. The second-order valence-corrected chi connectivity index (χ2v) is 7.11. The first-order chi connectivity index (χ1) is 7.93. The molecule has 0 amide bonds. The molecule has 2 nitrogen and oxygen atoms in total. The lowest BCUT2D eigenvalue weighted by atomic mass is 9.95. The van der Waals surface area contributed by atoms with Gasteiger partial charge in [-0.1, -0.05) is 34.1 Å². The molecular weight excluding hydrogens is 230 g/mol. The topological polar surface area (TPSA) is 32.3 Å². The Morgan fingerprint density at radius 1 is 1.24 bits per heavy atom. The summed E-state index contributed by atoms with van der Waals surface area (Å²) < 4.78 is 0. The van der Waals surface area contributed by atoms with E-state index in [0.29, 0.717) is 6.04 Å². The molecule has 104 valence electrons. The van der Waals surface area contributed by atoms with Crippen molar-refractivity contribution in [2.75, 3.05) is 12.4 Å². The molecule has 0 spiro atoms. The summed E-state index contributed by atoms with van der Waals surface area (Å²) in [6.45, 7) is 11.1. The van der Waals surface area contributed by atoms with Crippen molar-refractivity contribution in [3.05, 3.63) is 0 Å². The molecule has 0 aromatic carbocycles. The molecule has 0 fully saturated rings. The summed E-state index contributed by atoms with van der Waals surface area (Å²) in [5, 5.41) is 13.7. The van der Waals surface area contributed by atoms with Crippen LogP contribution in [0.5, 0.6) is 0 Å². The molecule has 0 heterocycles. The van der Waals surface area contributed by atoms with Gasteiger partial charge in [-0.2, -0.15) is 11.8 Å². The highest BCUT2D eigenvalue weighted by molar-refractivity contribution is 7.99. The van der Waals surface area contributed by atoms with Gasteiger partial charge in [-0.15, -0.1) is 0 Å². The van der Waals surface area contributed by atoms with Gasteiger partial charge in [-0.05, 0) is 31.9 Å². The monoisotopic (exact) mass is 261 g/mol. The lowest BCUT2D eigenvalue weighted by Gasteiger charge is -2.31. The molecule has 3 heteroatoms. The molecule has 2 unspecified atom stereocenters. The smallest absolute Gasteiger partial charge is 0.0610 e. The highest BCUT2D eigenvalue weighted by Gasteiger charge is 2.22. The van der Waals surface area contributed by atoms with Gasteiger partial charge in [0.1, 0.15) is 0 Å². The Balaban J connectivity index is 3.69. The van der Waals surface area contributed by atoms with Crippen LogP contribution in [0.1, 0.15) is 60.3 Å². The second kappa shape index (κ2) is 9.23. The van der Waals surface area contributed by atoms with Crippen molar-refractivity contribution in [3.63, 3.8) is 0 Å². The lowest BCUT2D eigenvalue weighted by Crippen LogP contribution is -2.49. The average Bonchev–Trinajstić information content (AvgIpc) is 2.27. The largest absolute Gasteiger partial charge is 0.394 e. The molecule has 0 aromatic heterocycles. The van der Waals surface area contributed by atoms with Crippen LogP contribution >= 0.6 is 11.8 Å². The van der Waals surface area contributed by atoms with Gasteiger partial charge < -0.3 is 10.4 Å². The van der Waals surface area contributed by atoms with Gasteiger partial charge >= 0.3 is 0 Å². The van der Waals surface area contributed by atoms with E-state index >= 15 is 0 Å². The highest BCUT2D eigenvalue weighted by Crippen LogP contribution is 2.19. The maximum Gasteiger partial charge on any atom is 0.0610 e.